The quantitative estimate of drug-likeness (QED) is 0.893. The summed E-state index contributed by atoms with van der Waals surface area (Å²) in [5.74, 6) is 0.979. The van der Waals surface area contributed by atoms with E-state index in [-0.39, 0.29) is 11.8 Å². The summed E-state index contributed by atoms with van der Waals surface area (Å²) < 4.78 is 0. The summed E-state index contributed by atoms with van der Waals surface area (Å²) in [6.07, 6.45) is 3.69. The van der Waals surface area contributed by atoms with Crippen LogP contribution >= 0.6 is 23.2 Å². The van der Waals surface area contributed by atoms with E-state index in [1.807, 2.05) is 6.07 Å². The van der Waals surface area contributed by atoms with Crippen molar-refractivity contribution in [3.8, 4) is 5.75 Å². The molecule has 20 heavy (non-hydrogen) atoms. The minimum atomic E-state index is 0.195. The fourth-order valence-corrected chi connectivity index (χ4v) is 3.48. The van der Waals surface area contributed by atoms with Crippen molar-refractivity contribution in [2.45, 2.75) is 25.3 Å². The first kappa shape index (κ1) is 14.5. The highest BCUT2D eigenvalue weighted by molar-refractivity contribution is 6.35. The Morgan fingerprint density at radius 2 is 1.95 bits per heavy atom. The van der Waals surface area contributed by atoms with Crippen LogP contribution < -0.4 is 5.32 Å². The van der Waals surface area contributed by atoms with Crippen molar-refractivity contribution in [3.63, 3.8) is 0 Å². The lowest BCUT2D eigenvalue weighted by atomic mass is 9.97. The van der Waals surface area contributed by atoms with Gasteiger partial charge in [-0.15, -0.1) is 0 Å². The van der Waals surface area contributed by atoms with Crippen LogP contribution in [0.25, 0.3) is 0 Å². The van der Waals surface area contributed by atoms with Gasteiger partial charge in [0.1, 0.15) is 5.75 Å². The van der Waals surface area contributed by atoms with E-state index < -0.39 is 0 Å². The molecular weight excluding hydrogens is 295 g/mol. The first-order valence-corrected chi connectivity index (χ1v) is 8.03. The smallest absolute Gasteiger partial charge is 0.139 e. The average Bonchev–Trinajstić information content (AvgIpc) is 3.25. The third-order valence-corrected chi connectivity index (χ3v) is 4.77. The molecule has 5 heteroatoms. The molecule has 0 unspecified atom stereocenters. The second kappa shape index (κ2) is 6.10. The molecule has 1 aromatic rings. The topological polar surface area (TPSA) is 35.5 Å². The zero-order valence-corrected chi connectivity index (χ0v) is 12.9. The number of rotatable bonds is 4. The summed E-state index contributed by atoms with van der Waals surface area (Å²) >= 11 is 12.2. The lowest BCUT2D eigenvalue weighted by Crippen LogP contribution is -2.45. The van der Waals surface area contributed by atoms with Crippen LogP contribution in [0.4, 0.5) is 0 Å². The van der Waals surface area contributed by atoms with Crippen molar-refractivity contribution < 1.29 is 5.11 Å². The molecule has 110 valence electrons. The van der Waals surface area contributed by atoms with Crippen LogP contribution in [0.2, 0.25) is 10.0 Å². The number of piperazine rings is 1. The van der Waals surface area contributed by atoms with Crippen molar-refractivity contribution in [2.24, 2.45) is 5.92 Å². The van der Waals surface area contributed by atoms with Gasteiger partial charge in [-0.05, 0) is 24.5 Å². The zero-order chi connectivity index (χ0) is 14.1. The van der Waals surface area contributed by atoms with Gasteiger partial charge in [0.05, 0.1) is 5.02 Å². The largest absolute Gasteiger partial charge is 0.506 e. The Morgan fingerprint density at radius 3 is 2.60 bits per heavy atom. The molecule has 0 bridgehead atoms. The van der Waals surface area contributed by atoms with E-state index in [0.717, 1.165) is 44.1 Å². The molecule has 1 saturated carbocycles. The number of nitrogens with one attached hydrogen (secondary N) is 1. The van der Waals surface area contributed by atoms with Crippen LogP contribution in [-0.4, -0.2) is 36.2 Å². The predicted molar refractivity (Wildman–Crippen MR) is 82.7 cm³/mol. The second-order valence-electron chi connectivity index (χ2n) is 5.81. The Balaban J connectivity index is 1.90. The number of halogens is 2. The summed E-state index contributed by atoms with van der Waals surface area (Å²) in [5.41, 5.74) is 0.885. The van der Waals surface area contributed by atoms with E-state index in [2.05, 4.69) is 10.2 Å². The Kier molecular flexibility index (Phi) is 4.41. The molecule has 3 nitrogen and oxygen atoms in total. The van der Waals surface area contributed by atoms with Gasteiger partial charge in [-0.2, -0.15) is 0 Å². The number of nitrogens with zero attached hydrogens (tertiary/aromatic N) is 1. The first-order chi connectivity index (χ1) is 9.65. The van der Waals surface area contributed by atoms with Gasteiger partial charge in [0.25, 0.3) is 0 Å². The van der Waals surface area contributed by atoms with Crippen molar-refractivity contribution in [1.82, 2.24) is 10.2 Å². The standard InChI is InChI=1S/C15H20Cl2N2O/c16-11-8-12(15(20)13(17)9-11)14(7-10-1-2-10)19-5-3-18-4-6-19/h8-10,14,18,20H,1-7H2/t14-/m0/s1. The van der Waals surface area contributed by atoms with Crippen LogP contribution in [0.15, 0.2) is 12.1 Å². The lowest BCUT2D eigenvalue weighted by molar-refractivity contribution is 0.158. The number of aromatic hydroxyl groups is 1. The maximum atomic E-state index is 10.3. The zero-order valence-electron chi connectivity index (χ0n) is 11.4. The molecule has 1 aliphatic carbocycles. The fraction of sp³-hybridized carbons (Fsp3) is 0.600. The maximum absolute atomic E-state index is 10.3. The first-order valence-electron chi connectivity index (χ1n) is 7.28. The van der Waals surface area contributed by atoms with Crippen LogP contribution in [0, 0.1) is 5.92 Å². The van der Waals surface area contributed by atoms with Gasteiger partial charge in [-0.25, -0.2) is 0 Å². The minimum absolute atomic E-state index is 0.195. The van der Waals surface area contributed by atoms with Gasteiger partial charge in [-0.1, -0.05) is 36.0 Å². The van der Waals surface area contributed by atoms with Gasteiger partial charge < -0.3 is 10.4 Å². The number of hydrogen-bond donors (Lipinski definition) is 2. The maximum Gasteiger partial charge on any atom is 0.139 e. The van der Waals surface area contributed by atoms with E-state index in [4.69, 9.17) is 23.2 Å². The highest BCUT2D eigenvalue weighted by Gasteiger charge is 2.32. The minimum Gasteiger partial charge on any atom is -0.506 e. The Bertz CT molecular complexity index is 485. The Hall–Kier alpha value is -0.480. The molecular formula is C15H20Cl2N2O. The third-order valence-electron chi connectivity index (χ3n) is 4.26. The molecule has 0 amide bonds. The normalized spacial score (nSPS) is 21.9. The molecule has 1 saturated heterocycles. The Morgan fingerprint density at radius 1 is 1.25 bits per heavy atom. The Labute approximate surface area is 129 Å². The van der Waals surface area contributed by atoms with Crippen LogP contribution in [0.5, 0.6) is 5.75 Å². The van der Waals surface area contributed by atoms with Crippen molar-refractivity contribution in [1.29, 1.82) is 0 Å². The molecule has 2 N–H and O–H groups in total. The van der Waals surface area contributed by atoms with E-state index >= 15 is 0 Å². The summed E-state index contributed by atoms with van der Waals surface area (Å²) in [4.78, 5) is 2.44. The fourth-order valence-electron chi connectivity index (χ4n) is 2.98. The predicted octanol–water partition coefficient (Wildman–Crippen LogP) is 3.45. The van der Waals surface area contributed by atoms with E-state index in [0.29, 0.717) is 10.0 Å². The molecule has 1 aromatic carbocycles. The van der Waals surface area contributed by atoms with Gasteiger partial charge in [0, 0.05) is 42.8 Å². The summed E-state index contributed by atoms with van der Waals surface area (Å²) in [7, 11) is 0. The van der Waals surface area contributed by atoms with E-state index in [1.165, 1.54) is 12.8 Å². The van der Waals surface area contributed by atoms with E-state index in [1.54, 1.807) is 6.07 Å². The van der Waals surface area contributed by atoms with Crippen LogP contribution in [0.1, 0.15) is 30.9 Å². The highest BCUT2D eigenvalue weighted by atomic mass is 35.5. The number of hydrogen-bond acceptors (Lipinski definition) is 3. The van der Waals surface area contributed by atoms with Crippen LogP contribution in [-0.2, 0) is 0 Å². The summed E-state index contributed by atoms with van der Waals surface area (Å²) in [5, 5.41) is 14.6. The van der Waals surface area contributed by atoms with E-state index in [9.17, 15) is 5.11 Å². The molecule has 0 aromatic heterocycles. The molecule has 1 aliphatic heterocycles. The number of phenolic OH excluding ortho intramolecular Hbond substituents is 1. The van der Waals surface area contributed by atoms with Gasteiger partial charge in [-0.3, -0.25) is 4.90 Å². The molecule has 3 rings (SSSR count). The van der Waals surface area contributed by atoms with Crippen LogP contribution in [0.3, 0.4) is 0 Å². The number of phenols is 1. The molecule has 2 fully saturated rings. The lowest BCUT2D eigenvalue weighted by Gasteiger charge is -2.35. The van der Waals surface area contributed by atoms with Crippen molar-refractivity contribution in [2.75, 3.05) is 26.2 Å². The number of benzene rings is 1. The van der Waals surface area contributed by atoms with Crippen molar-refractivity contribution in [3.05, 3.63) is 27.7 Å². The average molecular weight is 315 g/mol. The third kappa shape index (κ3) is 3.22. The highest BCUT2D eigenvalue weighted by Crippen LogP contribution is 2.44. The molecule has 0 spiro atoms. The summed E-state index contributed by atoms with van der Waals surface area (Å²) in [6, 6.07) is 3.70. The van der Waals surface area contributed by atoms with Crippen molar-refractivity contribution >= 4 is 23.2 Å². The van der Waals surface area contributed by atoms with Gasteiger partial charge in [0.15, 0.2) is 0 Å². The monoisotopic (exact) mass is 314 g/mol. The second-order valence-corrected chi connectivity index (χ2v) is 6.65. The molecule has 1 heterocycles. The van der Waals surface area contributed by atoms with Gasteiger partial charge >= 0.3 is 0 Å². The van der Waals surface area contributed by atoms with Gasteiger partial charge in [0.2, 0.25) is 0 Å². The SMILES string of the molecule is Oc1c(Cl)cc(Cl)cc1[C@H](CC1CC1)N1CCNCC1. The molecule has 1 atom stereocenters. The summed E-state index contributed by atoms with van der Waals surface area (Å²) in [6.45, 7) is 3.99. The molecule has 2 aliphatic rings. The molecule has 0 radical (unpaired) electrons.